The molecule has 0 unspecified atom stereocenters. The van der Waals surface area contributed by atoms with E-state index in [1.165, 1.54) is 0 Å². The highest BCUT2D eigenvalue weighted by Crippen LogP contribution is 2.57. The number of para-hydroxylation sites is 1. The van der Waals surface area contributed by atoms with Gasteiger partial charge in [-0.1, -0.05) is 70.3 Å². The molecule has 33 heavy (non-hydrogen) atoms. The fourth-order valence-electron chi connectivity index (χ4n) is 4.01. The van der Waals surface area contributed by atoms with E-state index < -0.39 is 0 Å². The van der Waals surface area contributed by atoms with Crippen molar-refractivity contribution in [2.24, 2.45) is 0 Å². The molecule has 0 spiro atoms. The van der Waals surface area contributed by atoms with E-state index >= 15 is 0 Å². The lowest BCUT2D eigenvalue weighted by molar-refractivity contribution is 0.291. The van der Waals surface area contributed by atoms with Crippen molar-refractivity contribution < 1.29 is 9.47 Å². The molecule has 0 N–H and O–H groups in total. The van der Waals surface area contributed by atoms with Crippen molar-refractivity contribution in [2.45, 2.75) is 75.5 Å². The summed E-state index contributed by atoms with van der Waals surface area (Å²) in [4.78, 5) is 4.22. The van der Waals surface area contributed by atoms with Gasteiger partial charge in [-0.2, -0.15) is 10.5 Å². The Labute approximate surface area is 202 Å². The lowest BCUT2D eigenvalue weighted by atomic mass is 10.0. The third-order valence-corrected chi connectivity index (χ3v) is 6.79. The summed E-state index contributed by atoms with van der Waals surface area (Å²) in [5, 5.41) is 20.2. The highest BCUT2D eigenvalue weighted by atomic mass is 32.2. The van der Waals surface area contributed by atoms with E-state index in [1.54, 1.807) is 11.8 Å². The van der Waals surface area contributed by atoms with Gasteiger partial charge in [0, 0.05) is 11.4 Å². The standard InChI is InChI=1S/C27H33N3O2S/c1-4-7-11-16-31-25-20(18-28)21(19-29)26(32-17-12-8-5-2)27-24(25)30(15-6-3)22-13-9-10-14-23(22)33-27/h9-10,13-14H,4-8,11-12,15-17H2,1-3H3. The van der Waals surface area contributed by atoms with Crippen molar-refractivity contribution in [1.29, 1.82) is 10.5 Å². The van der Waals surface area contributed by atoms with Crippen LogP contribution in [0.25, 0.3) is 0 Å². The molecule has 6 heteroatoms. The number of anilines is 2. The van der Waals surface area contributed by atoms with Crippen LogP contribution in [-0.4, -0.2) is 19.8 Å². The molecule has 0 saturated heterocycles. The second-order valence-corrected chi connectivity index (χ2v) is 9.19. The Bertz CT molecular complexity index is 1040. The molecule has 2 aromatic carbocycles. The van der Waals surface area contributed by atoms with Crippen LogP contribution in [0, 0.1) is 22.7 Å². The van der Waals surface area contributed by atoms with Gasteiger partial charge in [-0.3, -0.25) is 0 Å². The van der Waals surface area contributed by atoms with Crippen molar-refractivity contribution in [3.63, 3.8) is 0 Å². The van der Waals surface area contributed by atoms with Crippen molar-refractivity contribution in [2.75, 3.05) is 24.7 Å². The topological polar surface area (TPSA) is 69.3 Å². The second-order valence-electron chi connectivity index (χ2n) is 8.14. The lowest BCUT2D eigenvalue weighted by Gasteiger charge is -2.35. The smallest absolute Gasteiger partial charge is 0.163 e. The first-order valence-corrected chi connectivity index (χ1v) is 12.9. The van der Waals surface area contributed by atoms with E-state index in [4.69, 9.17) is 9.47 Å². The molecular formula is C27H33N3O2S. The summed E-state index contributed by atoms with van der Waals surface area (Å²) in [5.74, 6) is 1.03. The van der Waals surface area contributed by atoms with Crippen LogP contribution in [0.15, 0.2) is 34.1 Å². The lowest BCUT2D eigenvalue weighted by Crippen LogP contribution is -2.24. The molecule has 0 aliphatic carbocycles. The molecule has 1 aliphatic rings. The predicted molar refractivity (Wildman–Crippen MR) is 134 cm³/mol. The average Bonchev–Trinajstić information content (AvgIpc) is 2.84. The van der Waals surface area contributed by atoms with Gasteiger partial charge in [0.15, 0.2) is 11.5 Å². The summed E-state index contributed by atoms with van der Waals surface area (Å²) < 4.78 is 12.5. The molecule has 0 saturated carbocycles. The van der Waals surface area contributed by atoms with E-state index in [0.29, 0.717) is 24.7 Å². The van der Waals surface area contributed by atoms with Crippen LogP contribution < -0.4 is 14.4 Å². The maximum absolute atomic E-state index is 10.1. The third-order valence-electron chi connectivity index (χ3n) is 5.64. The SMILES string of the molecule is CCCCCOc1c(C#N)c(C#N)c(OCCCCC)c2c1Sc1ccccc1N2CCC. The van der Waals surface area contributed by atoms with Gasteiger partial charge >= 0.3 is 0 Å². The summed E-state index contributed by atoms with van der Waals surface area (Å²) >= 11 is 1.60. The van der Waals surface area contributed by atoms with Gasteiger partial charge in [0.2, 0.25) is 0 Å². The van der Waals surface area contributed by atoms with E-state index in [2.05, 4.69) is 49.9 Å². The van der Waals surface area contributed by atoms with E-state index in [1.807, 2.05) is 12.1 Å². The summed E-state index contributed by atoms with van der Waals surface area (Å²) in [5.41, 5.74) is 2.51. The second kappa shape index (κ2) is 12.4. The zero-order chi connectivity index (χ0) is 23.6. The third kappa shape index (κ3) is 5.40. The van der Waals surface area contributed by atoms with Crippen molar-refractivity contribution in [3.05, 3.63) is 35.4 Å². The van der Waals surface area contributed by atoms with E-state index in [-0.39, 0.29) is 11.1 Å². The molecule has 0 fully saturated rings. The molecule has 1 aliphatic heterocycles. The minimum absolute atomic E-state index is 0.277. The number of hydrogen-bond donors (Lipinski definition) is 0. The summed E-state index contributed by atoms with van der Waals surface area (Å²) in [6.45, 7) is 8.26. The molecule has 1 heterocycles. The van der Waals surface area contributed by atoms with Crippen LogP contribution in [0.4, 0.5) is 11.4 Å². The zero-order valence-electron chi connectivity index (χ0n) is 19.9. The molecule has 0 amide bonds. The average molecular weight is 464 g/mol. The van der Waals surface area contributed by atoms with Crippen molar-refractivity contribution in [1.82, 2.24) is 0 Å². The van der Waals surface area contributed by atoms with Gasteiger partial charge in [-0.25, -0.2) is 0 Å². The Morgan fingerprint density at radius 2 is 1.42 bits per heavy atom. The van der Waals surface area contributed by atoms with Gasteiger partial charge in [-0.05, 0) is 31.4 Å². The number of benzene rings is 2. The number of rotatable bonds is 12. The molecule has 2 aromatic rings. The van der Waals surface area contributed by atoms with Gasteiger partial charge in [0.1, 0.15) is 29.0 Å². The molecule has 0 bridgehead atoms. The number of fused-ring (bicyclic) bond motifs is 2. The molecule has 0 radical (unpaired) electrons. The maximum Gasteiger partial charge on any atom is 0.163 e. The molecule has 0 atom stereocenters. The largest absolute Gasteiger partial charge is 0.491 e. The quantitative estimate of drug-likeness (QED) is 0.302. The number of ether oxygens (including phenoxy) is 2. The Kier molecular flexibility index (Phi) is 9.34. The highest BCUT2D eigenvalue weighted by Gasteiger charge is 2.34. The summed E-state index contributed by atoms with van der Waals surface area (Å²) in [6.07, 6.45) is 7.05. The van der Waals surface area contributed by atoms with Gasteiger partial charge in [0.05, 0.1) is 23.8 Å². The fraction of sp³-hybridized carbons (Fsp3) is 0.481. The molecule has 174 valence electrons. The number of hydrogen-bond acceptors (Lipinski definition) is 6. The van der Waals surface area contributed by atoms with Crippen LogP contribution in [0.5, 0.6) is 11.5 Å². The van der Waals surface area contributed by atoms with Crippen LogP contribution in [0.2, 0.25) is 0 Å². The minimum atomic E-state index is 0.277. The Morgan fingerprint density at radius 3 is 2.03 bits per heavy atom. The van der Waals surface area contributed by atoms with E-state index in [9.17, 15) is 10.5 Å². The first kappa shape index (κ1) is 24.8. The molecule has 0 aromatic heterocycles. The molecular weight excluding hydrogens is 430 g/mol. The molecule has 3 rings (SSSR count). The monoisotopic (exact) mass is 463 g/mol. The molecule has 5 nitrogen and oxygen atoms in total. The fourth-order valence-corrected chi connectivity index (χ4v) is 5.21. The van der Waals surface area contributed by atoms with E-state index in [0.717, 1.165) is 72.7 Å². The number of unbranched alkanes of at least 4 members (excludes halogenated alkanes) is 4. The Morgan fingerprint density at radius 1 is 0.818 bits per heavy atom. The van der Waals surface area contributed by atoms with Crippen LogP contribution >= 0.6 is 11.8 Å². The number of nitrogens with zero attached hydrogens (tertiary/aromatic N) is 3. The highest BCUT2D eigenvalue weighted by molar-refractivity contribution is 7.99. The number of nitriles is 2. The van der Waals surface area contributed by atoms with Crippen molar-refractivity contribution >= 4 is 23.1 Å². The van der Waals surface area contributed by atoms with Gasteiger partial charge in [-0.15, -0.1) is 0 Å². The summed E-state index contributed by atoms with van der Waals surface area (Å²) in [7, 11) is 0. The first-order chi connectivity index (χ1) is 16.2. The van der Waals surface area contributed by atoms with Crippen LogP contribution in [0.3, 0.4) is 0 Å². The first-order valence-electron chi connectivity index (χ1n) is 12.1. The van der Waals surface area contributed by atoms with Crippen LogP contribution in [0.1, 0.15) is 76.8 Å². The Balaban J connectivity index is 2.20. The summed E-state index contributed by atoms with van der Waals surface area (Å²) in [6, 6.07) is 12.8. The normalized spacial score (nSPS) is 11.8. The van der Waals surface area contributed by atoms with Crippen LogP contribution in [-0.2, 0) is 0 Å². The minimum Gasteiger partial charge on any atom is -0.491 e. The maximum atomic E-state index is 10.1. The Hall–Kier alpha value is -2.83. The van der Waals surface area contributed by atoms with Gasteiger partial charge < -0.3 is 14.4 Å². The zero-order valence-corrected chi connectivity index (χ0v) is 20.8. The predicted octanol–water partition coefficient (Wildman–Crippen LogP) is 7.58. The van der Waals surface area contributed by atoms with Gasteiger partial charge in [0.25, 0.3) is 0 Å². The van der Waals surface area contributed by atoms with Crippen molar-refractivity contribution in [3.8, 4) is 23.6 Å².